The maximum Gasteiger partial charge on any atom is 0.129 e. The minimum absolute atomic E-state index is 0.577. The summed E-state index contributed by atoms with van der Waals surface area (Å²) < 4.78 is 0. The van der Waals surface area contributed by atoms with Crippen LogP contribution in [0.1, 0.15) is 18.4 Å². The summed E-state index contributed by atoms with van der Waals surface area (Å²) in [6, 6.07) is 12.4. The van der Waals surface area contributed by atoms with Crippen LogP contribution in [0.15, 0.2) is 42.6 Å². The number of rotatable bonds is 4. The van der Waals surface area contributed by atoms with Crippen LogP contribution in [-0.4, -0.2) is 11.0 Å². The smallest absolute Gasteiger partial charge is 0.129 e. The fraction of sp³-hybridized carbons (Fsp3) is 0.267. The molecule has 98 valence electrons. The molecule has 0 radical (unpaired) electrons. The largest absolute Gasteiger partial charge is 0.398 e. The first-order valence-electron chi connectivity index (χ1n) is 6.45. The van der Waals surface area contributed by atoms with Crippen molar-refractivity contribution in [2.24, 2.45) is 0 Å². The zero-order valence-corrected chi connectivity index (χ0v) is 11.3. The quantitative estimate of drug-likeness (QED) is 0.867. The number of nitrogens with zero attached hydrogens (tertiary/aromatic N) is 2. The second kappa shape index (κ2) is 5.10. The van der Waals surface area contributed by atoms with Gasteiger partial charge in [-0.1, -0.05) is 29.8 Å². The van der Waals surface area contributed by atoms with Gasteiger partial charge in [0.15, 0.2) is 0 Å². The molecule has 19 heavy (non-hydrogen) atoms. The van der Waals surface area contributed by atoms with Crippen molar-refractivity contribution in [2.75, 3.05) is 10.6 Å². The molecule has 0 aliphatic heterocycles. The van der Waals surface area contributed by atoms with Gasteiger partial charge >= 0.3 is 0 Å². The molecular formula is C15H16ClN3. The maximum absolute atomic E-state index is 6.02. The van der Waals surface area contributed by atoms with Gasteiger partial charge in [-0.05, 0) is 36.6 Å². The first-order chi connectivity index (χ1) is 9.24. The Bertz CT molecular complexity index is 564. The van der Waals surface area contributed by atoms with Gasteiger partial charge in [0.25, 0.3) is 0 Å². The predicted molar refractivity (Wildman–Crippen MR) is 79.3 cm³/mol. The molecular weight excluding hydrogens is 258 g/mol. The molecule has 0 atom stereocenters. The Morgan fingerprint density at radius 1 is 1.21 bits per heavy atom. The molecule has 0 saturated heterocycles. The van der Waals surface area contributed by atoms with Gasteiger partial charge in [-0.3, -0.25) is 0 Å². The molecule has 1 aliphatic rings. The summed E-state index contributed by atoms with van der Waals surface area (Å²) in [7, 11) is 0. The third-order valence-corrected chi connectivity index (χ3v) is 3.61. The maximum atomic E-state index is 6.02. The summed E-state index contributed by atoms with van der Waals surface area (Å²) in [4.78, 5) is 6.73. The van der Waals surface area contributed by atoms with E-state index in [0.29, 0.717) is 11.1 Å². The zero-order valence-electron chi connectivity index (χ0n) is 10.6. The van der Waals surface area contributed by atoms with E-state index < -0.39 is 0 Å². The first kappa shape index (κ1) is 12.3. The molecule has 0 bridgehead atoms. The van der Waals surface area contributed by atoms with E-state index in [4.69, 9.17) is 17.3 Å². The van der Waals surface area contributed by atoms with Crippen LogP contribution in [0.2, 0.25) is 5.02 Å². The standard InChI is InChI=1S/C15H16ClN3/c16-12-5-8-15(18-9-12)19(13-6-7-13)10-11-3-1-2-4-14(11)17/h1-5,8-9,13H,6-7,10,17H2. The van der Waals surface area contributed by atoms with Gasteiger partial charge in [-0.25, -0.2) is 4.98 Å². The van der Waals surface area contributed by atoms with Crippen molar-refractivity contribution in [1.29, 1.82) is 0 Å². The topological polar surface area (TPSA) is 42.1 Å². The monoisotopic (exact) mass is 273 g/mol. The van der Waals surface area contributed by atoms with Crippen molar-refractivity contribution in [3.8, 4) is 0 Å². The normalized spacial score (nSPS) is 14.4. The lowest BCUT2D eigenvalue weighted by atomic mass is 10.1. The first-order valence-corrected chi connectivity index (χ1v) is 6.83. The molecule has 1 aromatic heterocycles. The molecule has 1 saturated carbocycles. The number of anilines is 2. The summed E-state index contributed by atoms with van der Waals surface area (Å²) in [5, 5.41) is 0.665. The number of para-hydroxylation sites is 1. The predicted octanol–water partition coefficient (Wildman–Crippen LogP) is 3.49. The molecule has 2 N–H and O–H groups in total. The number of halogens is 1. The van der Waals surface area contributed by atoms with Crippen LogP contribution in [0.3, 0.4) is 0 Å². The fourth-order valence-electron chi connectivity index (χ4n) is 2.18. The molecule has 3 nitrogen and oxygen atoms in total. The molecule has 1 fully saturated rings. The summed E-state index contributed by atoms with van der Waals surface area (Å²) in [6.45, 7) is 0.798. The second-order valence-electron chi connectivity index (χ2n) is 4.89. The third-order valence-electron chi connectivity index (χ3n) is 3.39. The molecule has 0 amide bonds. The van der Waals surface area contributed by atoms with Crippen LogP contribution in [0.5, 0.6) is 0 Å². The Morgan fingerprint density at radius 2 is 2.00 bits per heavy atom. The van der Waals surface area contributed by atoms with Crippen molar-refractivity contribution < 1.29 is 0 Å². The van der Waals surface area contributed by atoms with Crippen LogP contribution in [0.25, 0.3) is 0 Å². The fourth-order valence-corrected chi connectivity index (χ4v) is 2.29. The molecule has 2 aromatic rings. The molecule has 0 spiro atoms. The van der Waals surface area contributed by atoms with Crippen LogP contribution in [0, 0.1) is 0 Å². The zero-order chi connectivity index (χ0) is 13.2. The lowest BCUT2D eigenvalue weighted by Crippen LogP contribution is -2.26. The van der Waals surface area contributed by atoms with E-state index in [-0.39, 0.29) is 0 Å². The highest BCUT2D eigenvalue weighted by molar-refractivity contribution is 6.30. The van der Waals surface area contributed by atoms with Crippen molar-refractivity contribution in [1.82, 2.24) is 4.98 Å². The summed E-state index contributed by atoms with van der Waals surface area (Å²) in [5.74, 6) is 0.968. The Balaban J connectivity index is 1.86. The lowest BCUT2D eigenvalue weighted by molar-refractivity contribution is 0.779. The molecule has 1 heterocycles. The number of nitrogens with two attached hydrogens (primary N) is 1. The van der Waals surface area contributed by atoms with Crippen molar-refractivity contribution in [3.63, 3.8) is 0 Å². The summed E-state index contributed by atoms with van der Waals surface area (Å²) in [6.07, 6.45) is 4.13. The van der Waals surface area contributed by atoms with Gasteiger partial charge in [0.2, 0.25) is 0 Å². The van der Waals surface area contributed by atoms with Gasteiger partial charge in [0.05, 0.1) is 5.02 Å². The van der Waals surface area contributed by atoms with E-state index in [0.717, 1.165) is 23.6 Å². The SMILES string of the molecule is Nc1ccccc1CN(c1ccc(Cl)cn1)C1CC1. The van der Waals surface area contributed by atoms with Gasteiger partial charge in [0, 0.05) is 24.5 Å². The summed E-state index contributed by atoms with van der Waals surface area (Å²) >= 11 is 5.90. The highest BCUT2D eigenvalue weighted by Gasteiger charge is 2.30. The molecule has 0 unspecified atom stereocenters. The van der Waals surface area contributed by atoms with E-state index in [1.807, 2.05) is 30.3 Å². The highest BCUT2D eigenvalue weighted by atomic mass is 35.5. The number of pyridine rings is 1. The number of benzene rings is 1. The van der Waals surface area contributed by atoms with E-state index in [1.165, 1.54) is 12.8 Å². The average Bonchev–Trinajstić information content (AvgIpc) is 3.24. The van der Waals surface area contributed by atoms with Crippen LogP contribution in [0.4, 0.5) is 11.5 Å². The molecule has 3 rings (SSSR count). The van der Waals surface area contributed by atoms with Crippen molar-refractivity contribution in [3.05, 3.63) is 53.2 Å². The molecule has 4 heteroatoms. The van der Waals surface area contributed by atoms with Crippen molar-refractivity contribution >= 4 is 23.1 Å². The number of hydrogen-bond acceptors (Lipinski definition) is 3. The van der Waals surface area contributed by atoms with E-state index >= 15 is 0 Å². The van der Waals surface area contributed by atoms with E-state index in [2.05, 4.69) is 16.0 Å². The van der Waals surface area contributed by atoms with Gasteiger partial charge in [-0.2, -0.15) is 0 Å². The Kier molecular flexibility index (Phi) is 3.30. The van der Waals surface area contributed by atoms with E-state index in [1.54, 1.807) is 6.20 Å². The van der Waals surface area contributed by atoms with E-state index in [9.17, 15) is 0 Å². The third kappa shape index (κ3) is 2.82. The van der Waals surface area contributed by atoms with Crippen LogP contribution >= 0.6 is 11.6 Å². The minimum atomic E-state index is 0.577. The number of nitrogen functional groups attached to an aromatic ring is 1. The molecule has 1 aromatic carbocycles. The van der Waals surface area contributed by atoms with Gasteiger partial charge in [-0.15, -0.1) is 0 Å². The van der Waals surface area contributed by atoms with Crippen LogP contribution in [-0.2, 0) is 6.54 Å². The van der Waals surface area contributed by atoms with Crippen LogP contribution < -0.4 is 10.6 Å². The highest BCUT2D eigenvalue weighted by Crippen LogP contribution is 2.33. The Labute approximate surface area is 118 Å². The minimum Gasteiger partial charge on any atom is -0.398 e. The summed E-state index contributed by atoms with van der Waals surface area (Å²) in [5.41, 5.74) is 8.00. The van der Waals surface area contributed by atoms with Gasteiger partial charge < -0.3 is 10.6 Å². The Hall–Kier alpha value is -1.74. The molecule has 1 aliphatic carbocycles. The number of hydrogen-bond donors (Lipinski definition) is 1. The average molecular weight is 274 g/mol. The second-order valence-corrected chi connectivity index (χ2v) is 5.33. The Morgan fingerprint density at radius 3 is 2.63 bits per heavy atom. The lowest BCUT2D eigenvalue weighted by Gasteiger charge is -2.24. The van der Waals surface area contributed by atoms with Crippen molar-refractivity contribution in [2.45, 2.75) is 25.4 Å². The van der Waals surface area contributed by atoms with Gasteiger partial charge in [0.1, 0.15) is 5.82 Å². The number of aromatic nitrogens is 1.